The average Bonchev–Trinajstić information content (AvgIpc) is 2.53. The second-order valence-electron chi connectivity index (χ2n) is 4.59. The van der Waals surface area contributed by atoms with Gasteiger partial charge in [0, 0.05) is 15.4 Å². The van der Waals surface area contributed by atoms with E-state index in [2.05, 4.69) is 20.9 Å². The van der Waals surface area contributed by atoms with Crippen molar-refractivity contribution in [2.45, 2.75) is 0 Å². The van der Waals surface area contributed by atoms with Crippen LogP contribution in [-0.4, -0.2) is 17.9 Å². The highest BCUT2D eigenvalue weighted by atomic mass is 79.9. The van der Waals surface area contributed by atoms with Gasteiger partial charge in [0.1, 0.15) is 11.4 Å². The Hall–Kier alpha value is -2.20. The maximum absolute atomic E-state index is 12.5. The molecule has 0 atom stereocenters. The fourth-order valence-electron chi connectivity index (χ4n) is 2.13. The highest BCUT2D eigenvalue weighted by molar-refractivity contribution is 9.10. The number of ether oxygens (including phenoxy) is 1. The third-order valence-electron chi connectivity index (χ3n) is 3.22. The third-order valence-corrected chi connectivity index (χ3v) is 3.71. The predicted octanol–water partition coefficient (Wildman–Crippen LogP) is 4.24. The number of nitrogens with zero attached hydrogens (tertiary/aromatic N) is 1. The zero-order valence-electron chi connectivity index (χ0n) is 11.3. The van der Waals surface area contributed by atoms with E-state index in [4.69, 9.17) is 4.74 Å². The molecular weight excluding hydrogens is 330 g/mol. The Bertz CT molecular complexity index is 830. The molecule has 4 heteroatoms. The minimum Gasteiger partial charge on any atom is -0.497 e. The Kier molecular flexibility index (Phi) is 3.71. The van der Waals surface area contributed by atoms with E-state index >= 15 is 0 Å². The van der Waals surface area contributed by atoms with Crippen LogP contribution in [0.1, 0.15) is 16.1 Å². The number of hydrogen-bond donors (Lipinski definition) is 0. The van der Waals surface area contributed by atoms with Gasteiger partial charge < -0.3 is 4.74 Å². The second kappa shape index (κ2) is 5.66. The summed E-state index contributed by atoms with van der Waals surface area (Å²) in [4.78, 5) is 16.9. The van der Waals surface area contributed by atoms with Gasteiger partial charge in [-0.25, -0.2) is 4.98 Å². The van der Waals surface area contributed by atoms with Crippen molar-refractivity contribution < 1.29 is 9.53 Å². The van der Waals surface area contributed by atoms with E-state index in [9.17, 15) is 4.79 Å². The number of ketones is 1. The summed E-state index contributed by atoms with van der Waals surface area (Å²) in [7, 11) is 1.62. The minimum absolute atomic E-state index is 0.0889. The molecule has 0 saturated carbocycles. The SMILES string of the molecule is COc1ccc2nc(C(=O)c3cccc(Br)c3)ccc2c1. The molecule has 1 aromatic heterocycles. The van der Waals surface area contributed by atoms with Crippen molar-refractivity contribution in [2.24, 2.45) is 0 Å². The first-order valence-electron chi connectivity index (χ1n) is 6.42. The lowest BCUT2D eigenvalue weighted by molar-refractivity contribution is 0.103. The van der Waals surface area contributed by atoms with Gasteiger partial charge in [-0.15, -0.1) is 0 Å². The van der Waals surface area contributed by atoms with Crippen molar-refractivity contribution in [2.75, 3.05) is 7.11 Å². The van der Waals surface area contributed by atoms with Gasteiger partial charge >= 0.3 is 0 Å². The number of methoxy groups -OCH3 is 1. The van der Waals surface area contributed by atoms with Gasteiger partial charge in [0.25, 0.3) is 0 Å². The van der Waals surface area contributed by atoms with E-state index in [0.29, 0.717) is 11.3 Å². The maximum atomic E-state index is 12.5. The third kappa shape index (κ3) is 2.81. The van der Waals surface area contributed by atoms with Crippen LogP contribution in [0.3, 0.4) is 0 Å². The molecule has 0 fully saturated rings. The van der Waals surface area contributed by atoms with Crippen molar-refractivity contribution >= 4 is 32.6 Å². The summed E-state index contributed by atoms with van der Waals surface area (Å²) in [5.74, 6) is 0.685. The van der Waals surface area contributed by atoms with E-state index in [-0.39, 0.29) is 5.78 Å². The largest absolute Gasteiger partial charge is 0.497 e. The van der Waals surface area contributed by atoms with E-state index in [1.54, 1.807) is 25.3 Å². The zero-order valence-corrected chi connectivity index (χ0v) is 12.9. The molecular formula is C17H12BrNO2. The highest BCUT2D eigenvalue weighted by Crippen LogP contribution is 2.21. The van der Waals surface area contributed by atoms with Crippen LogP contribution >= 0.6 is 15.9 Å². The van der Waals surface area contributed by atoms with Gasteiger partial charge in [-0.05, 0) is 36.4 Å². The van der Waals surface area contributed by atoms with Crippen LogP contribution < -0.4 is 4.74 Å². The van der Waals surface area contributed by atoms with Crippen LogP contribution in [0.25, 0.3) is 10.9 Å². The number of fused-ring (bicyclic) bond motifs is 1. The monoisotopic (exact) mass is 341 g/mol. The second-order valence-corrected chi connectivity index (χ2v) is 5.51. The predicted molar refractivity (Wildman–Crippen MR) is 85.9 cm³/mol. The van der Waals surface area contributed by atoms with E-state index in [1.165, 1.54) is 0 Å². The molecule has 0 aliphatic rings. The highest BCUT2D eigenvalue weighted by Gasteiger charge is 2.11. The normalized spacial score (nSPS) is 10.6. The first-order valence-corrected chi connectivity index (χ1v) is 7.22. The molecule has 3 aromatic rings. The molecule has 2 aromatic carbocycles. The lowest BCUT2D eigenvalue weighted by Gasteiger charge is -2.05. The summed E-state index contributed by atoms with van der Waals surface area (Å²) in [5, 5.41) is 0.945. The summed E-state index contributed by atoms with van der Waals surface area (Å²) in [6.45, 7) is 0. The summed E-state index contributed by atoms with van der Waals surface area (Å²) in [6.07, 6.45) is 0. The van der Waals surface area contributed by atoms with Gasteiger partial charge in [-0.2, -0.15) is 0 Å². The van der Waals surface area contributed by atoms with Gasteiger partial charge in [0.2, 0.25) is 5.78 Å². The number of pyridine rings is 1. The Balaban J connectivity index is 2.03. The van der Waals surface area contributed by atoms with Gasteiger partial charge in [0.15, 0.2) is 0 Å². The molecule has 21 heavy (non-hydrogen) atoms. The average molecular weight is 342 g/mol. The summed E-state index contributed by atoms with van der Waals surface area (Å²) >= 11 is 3.37. The Morgan fingerprint density at radius 1 is 1.10 bits per heavy atom. The molecule has 104 valence electrons. The number of rotatable bonds is 3. The van der Waals surface area contributed by atoms with Crippen molar-refractivity contribution in [3.8, 4) is 5.75 Å². The van der Waals surface area contributed by atoms with E-state index in [1.807, 2.05) is 36.4 Å². The molecule has 3 nitrogen and oxygen atoms in total. The molecule has 0 unspecified atom stereocenters. The van der Waals surface area contributed by atoms with E-state index in [0.717, 1.165) is 21.1 Å². The smallest absolute Gasteiger partial charge is 0.211 e. The van der Waals surface area contributed by atoms with Gasteiger partial charge in [-0.3, -0.25) is 4.79 Å². The lowest BCUT2D eigenvalue weighted by Crippen LogP contribution is -2.04. The molecule has 0 aliphatic carbocycles. The van der Waals surface area contributed by atoms with Crippen molar-refractivity contribution in [3.05, 3.63) is 70.3 Å². The first-order chi connectivity index (χ1) is 10.2. The summed E-state index contributed by atoms with van der Waals surface area (Å²) in [5.41, 5.74) is 1.83. The van der Waals surface area contributed by atoms with Crippen LogP contribution in [-0.2, 0) is 0 Å². The lowest BCUT2D eigenvalue weighted by atomic mass is 10.1. The number of halogens is 1. The topological polar surface area (TPSA) is 39.2 Å². The molecule has 0 amide bonds. The zero-order chi connectivity index (χ0) is 14.8. The standard InChI is InChI=1S/C17H12BrNO2/c1-21-14-6-8-15-11(10-14)5-7-16(19-15)17(20)12-3-2-4-13(18)9-12/h2-10H,1H3. The quantitative estimate of drug-likeness (QED) is 0.669. The maximum Gasteiger partial charge on any atom is 0.211 e. The minimum atomic E-state index is -0.0889. The molecule has 0 saturated heterocycles. The Morgan fingerprint density at radius 2 is 1.95 bits per heavy atom. The molecule has 0 radical (unpaired) electrons. The summed E-state index contributed by atoms with van der Waals surface area (Å²) in [6, 6.07) is 16.5. The van der Waals surface area contributed by atoms with Crippen molar-refractivity contribution in [1.29, 1.82) is 0 Å². The van der Waals surface area contributed by atoms with Crippen molar-refractivity contribution in [1.82, 2.24) is 4.98 Å². The molecule has 1 heterocycles. The van der Waals surface area contributed by atoms with Crippen LogP contribution in [0.5, 0.6) is 5.75 Å². The summed E-state index contributed by atoms with van der Waals surface area (Å²) < 4.78 is 6.06. The fraction of sp³-hybridized carbons (Fsp3) is 0.0588. The van der Waals surface area contributed by atoms with Gasteiger partial charge in [0.05, 0.1) is 12.6 Å². The van der Waals surface area contributed by atoms with Crippen LogP contribution in [0.15, 0.2) is 59.1 Å². The molecule has 0 aliphatic heterocycles. The fourth-order valence-corrected chi connectivity index (χ4v) is 2.53. The Labute approximate surface area is 130 Å². The molecule has 0 N–H and O–H groups in total. The van der Waals surface area contributed by atoms with Crippen LogP contribution in [0.4, 0.5) is 0 Å². The number of hydrogen-bond acceptors (Lipinski definition) is 3. The molecule has 3 rings (SSSR count). The number of aromatic nitrogens is 1. The van der Waals surface area contributed by atoms with Crippen molar-refractivity contribution in [3.63, 3.8) is 0 Å². The number of benzene rings is 2. The van der Waals surface area contributed by atoms with Crippen LogP contribution in [0.2, 0.25) is 0 Å². The molecule has 0 bridgehead atoms. The van der Waals surface area contributed by atoms with Crippen LogP contribution in [0, 0.1) is 0 Å². The number of carbonyl (C=O) groups excluding carboxylic acids is 1. The first kappa shape index (κ1) is 13.8. The Morgan fingerprint density at radius 3 is 2.71 bits per heavy atom. The van der Waals surface area contributed by atoms with Gasteiger partial charge in [-0.1, -0.05) is 34.1 Å². The molecule has 0 spiro atoms. The van der Waals surface area contributed by atoms with E-state index < -0.39 is 0 Å². The number of carbonyl (C=O) groups is 1.